The first-order chi connectivity index (χ1) is 11.2. The van der Waals surface area contributed by atoms with E-state index in [0.717, 1.165) is 29.8 Å². The van der Waals surface area contributed by atoms with Gasteiger partial charge < -0.3 is 5.32 Å². The molecule has 2 aromatic rings. The van der Waals surface area contributed by atoms with E-state index < -0.39 is 0 Å². The van der Waals surface area contributed by atoms with Crippen LogP contribution in [0.15, 0.2) is 41.6 Å². The second-order valence-electron chi connectivity index (χ2n) is 5.88. The number of rotatable bonds is 5. The molecule has 1 amide bonds. The molecule has 0 radical (unpaired) electrons. The van der Waals surface area contributed by atoms with Crippen molar-refractivity contribution in [2.24, 2.45) is 0 Å². The summed E-state index contributed by atoms with van der Waals surface area (Å²) in [5.74, 6) is 0.446. The highest BCUT2D eigenvalue weighted by atomic mass is 32.2. The van der Waals surface area contributed by atoms with E-state index in [0.29, 0.717) is 17.0 Å². The smallest absolute Gasteiger partial charge is 0.230 e. The van der Waals surface area contributed by atoms with Crippen LogP contribution in [0.3, 0.4) is 0 Å². The molecule has 23 heavy (non-hydrogen) atoms. The topological polar surface area (TPSA) is 54.9 Å². The molecule has 1 aliphatic rings. The number of carbonyl (C=O) groups excluding carboxylic acids is 1. The molecular formula is C18H21N3OS. The molecule has 1 aromatic carbocycles. The number of carbonyl (C=O) groups is 1. The lowest BCUT2D eigenvalue weighted by molar-refractivity contribution is -0.119. The van der Waals surface area contributed by atoms with Crippen molar-refractivity contribution in [1.82, 2.24) is 15.3 Å². The van der Waals surface area contributed by atoms with Crippen LogP contribution in [0.2, 0.25) is 0 Å². The van der Waals surface area contributed by atoms with Crippen molar-refractivity contribution >= 4 is 17.7 Å². The molecule has 0 saturated heterocycles. The van der Waals surface area contributed by atoms with Gasteiger partial charge in [-0.15, -0.1) is 0 Å². The largest absolute Gasteiger partial charge is 0.353 e. The zero-order valence-corrected chi connectivity index (χ0v) is 14.1. The van der Waals surface area contributed by atoms with Crippen LogP contribution in [0.25, 0.3) is 11.3 Å². The van der Waals surface area contributed by atoms with E-state index in [1.165, 1.54) is 24.6 Å². The summed E-state index contributed by atoms with van der Waals surface area (Å²) in [7, 11) is 0. The van der Waals surface area contributed by atoms with Gasteiger partial charge in [0.1, 0.15) is 0 Å². The van der Waals surface area contributed by atoms with Gasteiger partial charge in [0.15, 0.2) is 5.16 Å². The fourth-order valence-electron chi connectivity index (χ4n) is 2.83. The predicted octanol–water partition coefficient (Wildman–Crippen LogP) is 3.60. The van der Waals surface area contributed by atoms with Crippen molar-refractivity contribution in [3.05, 3.63) is 42.1 Å². The molecular weight excluding hydrogens is 306 g/mol. The molecule has 3 rings (SSSR count). The van der Waals surface area contributed by atoms with Gasteiger partial charge in [-0.3, -0.25) is 4.79 Å². The summed E-state index contributed by atoms with van der Waals surface area (Å²) < 4.78 is 0. The minimum atomic E-state index is 0.0771. The van der Waals surface area contributed by atoms with Crippen LogP contribution >= 0.6 is 11.8 Å². The normalized spacial score (nSPS) is 14.8. The third kappa shape index (κ3) is 4.55. The van der Waals surface area contributed by atoms with E-state index in [1.807, 2.05) is 43.3 Å². The van der Waals surface area contributed by atoms with E-state index in [4.69, 9.17) is 0 Å². The number of hydrogen-bond donors (Lipinski definition) is 1. The Hall–Kier alpha value is -1.88. The highest BCUT2D eigenvalue weighted by Crippen LogP contribution is 2.22. The van der Waals surface area contributed by atoms with Crippen molar-refractivity contribution in [1.29, 1.82) is 0 Å². The van der Waals surface area contributed by atoms with Gasteiger partial charge in [-0.2, -0.15) is 0 Å². The monoisotopic (exact) mass is 327 g/mol. The Morgan fingerprint density at radius 1 is 1.22 bits per heavy atom. The van der Waals surface area contributed by atoms with E-state index in [2.05, 4.69) is 15.3 Å². The summed E-state index contributed by atoms with van der Waals surface area (Å²) in [6, 6.07) is 12.4. The van der Waals surface area contributed by atoms with Crippen molar-refractivity contribution in [3.63, 3.8) is 0 Å². The Morgan fingerprint density at radius 3 is 2.70 bits per heavy atom. The predicted molar refractivity (Wildman–Crippen MR) is 93.3 cm³/mol. The van der Waals surface area contributed by atoms with Crippen molar-refractivity contribution in [2.75, 3.05) is 5.75 Å². The Bertz CT molecular complexity index is 669. The molecule has 0 bridgehead atoms. The molecule has 1 heterocycles. The Labute approximate surface area is 141 Å². The maximum absolute atomic E-state index is 12.0. The van der Waals surface area contributed by atoms with Crippen LogP contribution in [0.5, 0.6) is 0 Å². The first-order valence-electron chi connectivity index (χ1n) is 8.04. The van der Waals surface area contributed by atoms with E-state index >= 15 is 0 Å². The average molecular weight is 327 g/mol. The number of aromatic nitrogens is 2. The second-order valence-corrected chi connectivity index (χ2v) is 6.82. The molecule has 1 aromatic heterocycles. The second kappa shape index (κ2) is 7.59. The lowest BCUT2D eigenvalue weighted by Crippen LogP contribution is -2.33. The van der Waals surface area contributed by atoms with Gasteiger partial charge in [0.2, 0.25) is 5.91 Å². The zero-order valence-electron chi connectivity index (χ0n) is 13.3. The molecule has 1 saturated carbocycles. The van der Waals surface area contributed by atoms with E-state index in [1.54, 1.807) is 0 Å². The van der Waals surface area contributed by atoms with Crippen molar-refractivity contribution < 1.29 is 4.79 Å². The third-order valence-corrected chi connectivity index (χ3v) is 4.80. The number of nitrogens with one attached hydrogen (secondary N) is 1. The molecule has 120 valence electrons. The summed E-state index contributed by atoms with van der Waals surface area (Å²) in [4.78, 5) is 21.0. The molecule has 1 aliphatic carbocycles. The Balaban J connectivity index is 1.63. The summed E-state index contributed by atoms with van der Waals surface area (Å²) in [5.41, 5.74) is 2.88. The van der Waals surface area contributed by atoms with Crippen LogP contribution in [0.1, 0.15) is 31.4 Å². The highest BCUT2D eigenvalue weighted by molar-refractivity contribution is 7.99. The molecule has 4 nitrogen and oxygen atoms in total. The van der Waals surface area contributed by atoms with E-state index in [-0.39, 0.29) is 5.91 Å². The molecule has 0 spiro atoms. The SMILES string of the molecule is Cc1cc(-c2ccccc2)nc(SCC(=O)NC2CCCC2)n1. The van der Waals surface area contributed by atoms with Crippen LogP contribution in [-0.2, 0) is 4.79 Å². The zero-order chi connectivity index (χ0) is 16.1. The molecule has 0 atom stereocenters. The standard InChI is InChI=1S/C18H21N3OS/c1-13-11-16(14-7-3-2-4-8-14)21-18(19-13)23-12-17(22)20-15-9-5-6-10-15/h2-4,7-8,11,15H,5-6,9-10,12H2,1H3,(H,20,22). The Kier molecular flexibility index (Phi) is 5.28. The van der Waals surface area contributed by atoms with Crippen molar-refractivity contribution in [3.8, 4) is 11.3 Å². The van der Waals surface area contributed by atoms with Crippen LogP contribution < -0.4 is 5.32 Å². The first kappa shape index (κ1) is 16.0. The molecule has 5 heteroatoms. The quantitative estimate of drug-likeness (QED) is 0.673. The van der Waals surface area contributed by atoms with Gasteiger partial charge >= 0.3 is 0 Å². The molecule has 0 aliphatic heterocycles. The van der Waals surface area contributed by atoms with Gasteiger partial charge in [-0.25, -0.2) is 9.97 Å². The maximum atomic E-state index is 12.0. The number of benzene rings is 1. The molecule has 1 fully saturated rings. The molecule has 0 unspecified atom stereocenters. The summed E-state index contributed by atoms with van der Waals surface area (Å²) in [6.45, 7) is 1.96. The number of hydrogen-bond acceptors (Lipinski definition) is 4. The van der Waals surface area contributed by atoms with Crippen LogP contribution in [0, 0.1) is 6.92 Å². The van der Waals surface area contributed by atoms with Gasteiger partial charge in [0, 0.05) is 17.3 Å². The number of nitrogens with zero attached hydrogens (tertiary/aromatic N) is 2. The third-order valence-electron chi connectivity index (χ3n) is 3.96. The minimum Gasteiger partial charge on any atom is -0.353 e. The summed E-state index contributed by atoms with van der Waals surface area (Å²) in [6.07, 6.45) is 4.66. The van der Waals surface area contributed by atoms with Crippen LogP contribution in [0.4, 0.5) is 0 Å². The molecule has 1 N–H and O–H groups in total. The number of thioether (sulfide) groups is 1. The van der Waals surface area contributed by atoms with Crippen LogP contribution in [-0.4, -0.2) is 27.7 Å². The van der Waals surface area contributed by atoms with E-state index in [9.17, 15) is 4.79 Å². The van der Waals surface area contributed by atoms with Gasteiger partial charge in [-0.05, 0) is 25.8 Å². The van der Waals surface area contributed by atoms with Gasteiger partial charge in [0.25, 0.3) is 0 Å². The number of amides is 1. The minimum absolute atomic E-state index is 0.0771. The Morgan fingerprint density at radius 2 is 1.96 bits per heavy atom. The van der Waals surface area contributed by atoms with Crippen molar-refractivity contribution in [2.45, 2.75) is 43.8 Å². The first-order valence-corrected chi connectivity index (χ1v) is 9.02. The van der Waals surface area contributed by atoms with Gasteiger partial charge in [-0.1, -0.05) is 54.9 Å². The summed E-state index contributed by atoms with van der Waals surface area (Å²) >= 11 is 1.40. The number of aryl methyl sites for hydroxylation is 1. The summed E-state index contributed by atoms with van der Waals surface area (Å²) in [5, 5.41) is 3.75. The lowest BCUT2D eigenvalue weighted by atomic mass is 10.1. The maximum Gasteiger partial charge on any atom is 0.230 e. The average Bonchev–Trinajstić information content (AvgIpc) is 3.06. The highest BCUT2D eigenvalue weighted by Gasteiger charge is 2.17. The fraction of sp³-hybridized carbons (Fsp3) is 0.389. The fourth-order valence-corrected chi connectivity index (χ4v) is 3.55. The van der Waals surface area contributed by atoms with Gasteiger partial charge in [0.05, 0.1) is 11.4 Å². The lowest BCUT2D eigenvalue weighted by Gasteiger charge is -2.11.